The fraction of sp³-hybridized carbons (Fsp3) is 0.500. The minimum atomic E-state index is 0.525. The van der Waals surface area contributed by atoms with Crippen molar-refractivity contribution in [2.45, 2.75) is 43.5 Å². The van der Waals surface area contributed by atoms with E-state index in [9.17, 15) is 0 Å². The summed E-state index contributed by atoms with van der Waals surface area (Å²) in [5, 5.41) is 4.39. The molecule has 0 amide bonds. The van der Waals surface area contributed by atoms with Crippen LogP contribution < -0.4 is 5.32 Å². The Bertz CT molecular complexity index is 400. The van der Waals surface area contributed by atoms with Gasteiger partial charge < -0.3 is 5.32 Å². The van der Waals surface area contributed by atoms with Crippen LogP contribution in [0.15, 0.2) is 29.2 Å². The molecule has 1 aromatic carbocycles. The largest absolute Gasteiger partial charge is 0.313 e. The van der Waals surface area contributed by atoms with Crippen LogP contribution in [0.3, 0.4) is 0 Å². The highest BCUT2D eigenvalue weighted by Gasteiger charge is 2.08. The smallest absolute Gasteiger partial charge is 0.0417 e. The van der Waals surface area contributed by atoms with Crippen molar-refractivity contribution in [1.29, 1.82) is 0 Å². The second kappa shape index (κ2) is 10.2. The van der Waals surface area contributed by atoms with Crippen molar-refractivity contribution in [2.75, 3.05) is 12.3 Å². The summed E-state index contributed by atoms with van der Waals surface area (Å²) in [6.45, 7) is 3.26. The topological polar surface area (TPSA) is 12.0 Å². The zero-order chi connectivity index (χ0) is 13.9. The van der Waals surface area contributed by atoms with E-state index in [2.05, 4.69) is 24.2 Å². The normalized spacial score (nSPS) is 12.1. The molecule has 0 saturated carbocycles. The number of terminal acetylenes is 1. The van der Waals surface area contributed by atoms with E-state index in [-0.39, 0.29) is 0 Å². The lowest BCUT2D eigenvalue weighted by molar-refractivity contribution is 0.508. The number of unbranched alkanes of at least 4 members (excludes halogenated alkanes) is 1. The number of hydrogen-bond acceptors (Lipinski definition) is 2. The Labute approximate surface area is 126 Å². The first kappa shape index (κ1) is 16.4. The molecule has 1 atom stereocenters. The van der Waals surface area contributed by atoms with E-state index in [0.29, 0.717) is 6.04 Å². The first-order valence-electron chi connectivity index (χ1n) is 6.81. The number of rotatable bonds is 9. The van der Waals surface area contributed by atoms with Gasteiger partial charge in [0, 0.05) is 28.1 Å². The third kappa shape index (κ3) is 7.52. The average Bonchev–Trinajstić information content (AvgIpc) is 2.41. The molecule has 0 aliphatic heterocycles. The van der Waals surface area contributed by atoms with Crippen LogP contribution in [0.5, 0.6) is 0 Å². The molecule has 1 aromatic rings. The minimum absolute atomic E-state index is 0.525. The van der Waals surface area contributed by atoms with Gasteiger partial charge in [0.25, 0.3) is 0 Å². The molecular formula is C16H22ClNS. The van der Waals surface area contributed by atoms with Crippen molar-refractivity contribution in [2.24, 2.45) is 0 Å². The Balaban J connectivity index is 2.40. The summed E-state index contributed by atoms with van der Waals surface area (Å²) in [6, 6.07) is 8.56. The van der Waals surface area contributed by atoms with Crippen molar-refractivity contribution in [3.63, 3.8) is 0 Å². The third-order valence-corrected chi connectivity index (χ3v) is 4.20. The van der Waals surface area contributed by atoms with Crippen LogP contribution >= 0.6 is 23.4 Å². The van der Waals surface area contributed by atoms with Crippen molar-refractivity contribution >= 4 is 23.4 Å². The van der Waals surface area contributed by atoms with Crippen molar-refractivity contribution in [3.05, 3.63) is 29.3 Å². The molecule has 1 rings (SSSR count). The highest BCUT2D eigenvalue weighted by atomic mass is 35.5. The second-order valence-electron chi connectivity index (χ2n) is 4.52. The number of halogens is 1. The van der Waals surface area contributed by atoms with Gasteiger partial charge in [-0.2, -0.15) is 0 Å². The van der Waals surface area contributed by atoms with E-state index in [1.54, 1.807) is 0 Å². The maximum atomic E-state index is 6.00. The number of thioether (sulfide) groups is 1. The number of benzene rings is 1. The van der Waals surface area contributed by atoms with Crippen LogP contribution in [0.4, 0.5) is 0 Å². The molecule has 104 valence electrons. The lowest BCUT2D eigenvalue weighted by atomic mass is 10.1. The first-order chi connectivity index (χ1) is 9.26. The molecule has 0 fully saturated rings. The van der Waals surface area contributed by atoms with Crippen molar-refractivity contribution < 1.29 is 0 Å². The van der Waals surface area contributed by atoms with E-state index < -0.39 is 0 Å². The summed E-state index contributed by atoms with van der Waals surface area (Å²) in [7, 11) is 0. The highest BCUT2D eigenvalue weighted by molar-refractivity contribution is 7.99. The summed E-state index contributed by atoms with van der Waals surface area (Å²) in [5.41, 5.74) is 0. The predicted molar refractivity (Wildman–Crippen MR) is 86.9 cm³/mol. The maximum Gasteiger partial charge on any atom is 0.0417 e. The highest BCUT2D eigenvalue weighted by Crippen LogP contribution is 2.23. The summed E-state index contributed by atoms with van der Waals surface area (Å²) in [4.78, 5) is 1.23. The monoisotopic (exact) mass is 295 g/mol. The Morgan fingerprint density at radius 3 is 3.00 bits per heavy atom. The molecule has 0 aliphatic carbocycles. The number of nitrogens with one attached hydrogen (secondary N) is 1. The predicted octanol–water partition coefficient (Wildman–Crippen LogP) is 4.60. The minimum Gasteiger partial charge on any atom is -0.313 e. The molecule has 1 nitrogen and oxygen atoms in total. The van der Waals surface area contributed by atoms with Gasteiger partial charge in [-0.3, -0.25) is 0 Å². The molecule has 1 N–H and O–H groups in total. The fourth-order valence-corrected chi connectivity index (χ4v) is 3.12. The molecule has 0 spiro atoms. The molecule has 1 unspecified atom stereocenters. The Morgan fingerprint density at radius 1 is 1.47 bits per heavy atom. The molecule has 0 radical (unpaired) electrons. The lowest BCUT2D eigenvalue weighted by Crippen LogP contribution is -2.31. The summed E-state index contributed by atoms with van der Waals surface area (Å²) in [5.74, 6) is 3.77. The van der Waals surface area contributed by atoms with Gasteiger partial charge in [-0.25, -0.2) is 0 Å². The first-order valence-corrected chi connectivity index (χ1v) is 8.17. The zero-order valence-corrected chi connectivity index (χ0v) is 13.1. The van der Waals surface area contributed by atoms with Crippen LogP contribution in [0, 0.1) is 12.3 Å². The van der Waals surface area contributed by atoms with Gasteiger partial charge in [-0.1, -0.05) is 24.6 Å². The van der Waals surface area contributed by atoms with Gasteiger partial charge in [0.15, 0.2) is 0 Å². The lowest BCUT2D eigenvalue weighted by Gasteiger charge is -2.17. The van der Waals surface area contributed by atoms with Gasteiger partial charge in [0.2, 0.25) is 0 Å². The summed E-state index contributed by atoms with van der Waals surface area (Å²) in [6.07, 6.45) is 9.56. The number of hydrogen-bond donors (Lipinski definition) is 1. The van der Waals surface area contributed by atoms with Gasteiger partial charge in [0.1, 0.15) is 0 Å². The molecule has 0 aromatic heterocycles. The van der Waals surface area contributed by atoms with Gasteiger partial charge in [-0.15, -0.1) is 24.1 Å². The Hall–Kier alpha value is -0.620. The SMILES string of the molecule is C#CCCCC(CSc1cccc(Cl)c1)NCCC. The molecule has 0 heterocycles. The van der Waals surface area contributed by atoms with Gasteiger partial charge >= 0.3 is 0 Å². The second-order valence-corrected chi connectivity index (χ2v) is 6.05. The van der Waals surface area contributed by atoms with Crippen LogP contribution in [0.1, 0.15) is 32.6 Å². The van der Waals surface area contributed by atoms with E-state index in [1.807, 2.05) is 30.0 Å². The molecule has 19 heavy (non-hydrogen) atoms. The molecule has 0 aliphatic rings. The quantitative estimate of drug-likeness (QED) is 0.406. The Kier molecular flexibility index (Phi) is 8.82. The van der Waals surface area contributed by atoms with E-state index in [4.69, 9.17) is 18.0 Å². The van der Waals surface area contributed by atoms with Gasteiger partial charge in [-0.05, 0) is 44.0 Å². The standard InChI is InChI=1S/C16H22ClNS/c1-3-5-6-9-15(18-11-4-2)13-19-16-10-7-8-14(17)12-16/h1,7-8,10,12,15,18H,4-6,9,11,13H2,2H3. The Morgan fingerprint density at radius 2 is 2.32 bits per heavy atom. The third-order valence-electron chi connectivity index (χ3n) is 2.80. The molecule has 0 saturated heterocycles. The van der Waals surface area contributed by atoms with E-state index in [0.717, 1.165) is 43.0 Å². The van der Waals surface area contributed by atoms with E-state index in [1.165, 1.54) is 4.90 Å². The molecule has 0 bridgehead atoms. The average molecular weight is 296 g/mol. The summed E-state index contributed by atoms with van der Waals surface area (Å²) >= 11 is 7.85. The fourth-order valence-electron chi connectivity index (χ4n) is 1.80. The van der Waals surface area contributed by atoms with Crippen LogP contribution in [0.25, 0.3) is 0 Å². The van der Waals surface area contributed by atoms with Crippen LogP contribution in [-0.4, -0.2) is 18.3 Å². The molecule has 3 heteroatoms. The maximum absolute atomic E-state index is 6.00. The summed E-state index contributed by atoms with van der Waals surface area (Å²) < 4.78 is 0. The zero-order valence-electron chi connectivity index (χ0n) is 11.5. The molecular weight excluding hydrogens is 274 g/mol. The van der Waals surface area contributed by atoms with Gasteiger partial charge in [0.05, 0.1) is 0 Å². The van der Waals surface area contributed by atoms with Crippen LogP contribution in [0.2, 0.25) is 5.02 Å². The van der Waals surface area contributed by atoms with E-state index >= 15 is 0 Å². The van der Waals surface area contributed by atoms with Crippen LogP contribution in [-0.2, 0) is 0 Å². The van der Waals surface area contributed by atoms with Crippen molar-refractivity contribution in [3.8, 4) is 12.3 Å². The van der Waals surface area contributed by atoms with Crippen molar-refractivity contribution in [1.82, 2.24) is 5.32 Å².